The molecule has 10 aromatic rings. The molecule has 0 radical (unpaired) electrons. The number of rotatable bonds is 7. The Kier molecular flexibility index (Phi) is 8.49. The van der Waals surface area contributed by atoms with Crippen LogP contribution < -0.4 is 4.90 Å². The Hall–Kier alpha value is -7.74. The molecule has 2 aliphatic rings. The lowest BCUT2D eigenvalue weighted by molar-refractivity contribution is 0.661. The largest absolute Gasteiger partial charge is 0.309 e. The van der Waals surface area contributed by atoms with Crippen molar-refractivity contribution < 1.29 is 0 Å². The quantitative estimate of drug-likeness (QED) is 0.155. The number of anilines is 3. The van der Waals surface area contributed by atoms with Gasteiger partial charge in [-0.15, -0.1) is 0 Å². The molecule has 1 heteroatoms. The fourth-order valence-corrected chi connectivity index (χ4v) is 11.2. The lowest BCUT2D eigenvalue weighted by atomic mass is 9.67. The van der Waals surface area contributed by atoms with Gasteiger partial charge in [0, 0.05) is 16.7 Å². The summed E-state index contributed by atoms with van der Waals surface area (Å²) in [6.45, 7) is 4.78. The highest BCUT2D eigenvalue weighted by Crippen LogP contribution is 2.58. The molecule has 298 valence electrons. The maximum Gasteiger partial charge on any atom is 0.0713 e. The minimum Gasteiger partial charge on any atom is -0.309 e. The van der Waals surface area contributed by atoms with E-state index in [1.165, 1.54) is 94.3 Å². The highest BCUT2D eigenvalue weighted by molar-refractivity contribution is 6.06. The Labute approximate surface area is 370 Å². The third-order valence-corrected chi connectivity index (χ3v) is 13.9. The maximum atomic E-state index is 2.54. The second kappa shape index (κ2) is 14.4. The van der Waals surface area contributed by atoms with Gasteiger partial charge in [0.2, 0.25) is 0 Å². The van der Waals surface area contributed by atoms with Crippen molar-refractivity contribution in [1.82, 2.24) is 0 Å². The molecule has 0 aromatic heterocycles. The summed E-state index contributed by atoms with van der Waals surface area (Å²) in [7, 11) is 0. The molecule has 63 heavy (non-hydrogen) atoms. The van der Waals surface area contributed by atoms with Crippen molar-refractivity contribution >= 4 is 27.8 Å². The van der Waals surface area contributed by atoms with E-state index in [2.05, 4.69) is 255 Å². The normalized spacial score (nSPS) is 13.8. The Bertz CT molecular complexity index is 3320. The van der Waals surface area contributed by atoms with Gasteiger partial charge in [0.1, 0.15) is 0 Å². The molecule has 0 aliphatic heterocycles. The van der Waals surface area contributed by atoms with Gasteiger partial charge in [-0.3, -0.25) is 0 Å². The van der Waals surface area contributed by atoms with Gasteiger partial charge in [0.15, 0.2) is 0 Å². The van der Waals surface area contributed by atoms with Gasteiger partial charge in [-0.2, -0.15) is 0 Å². The van der Waals surface area contributed by atoms with E-state index in [0.29, 0.717) is 0 Å². The van der Waals surface area contributed by atoms with Gasteiger partial charge in [0.25, 0.3) is 0 Å². The summed E-state index contributed by atoms with van der Waals surface area (Å²) in [5.41, 5.74) is 20.6. The maximum absolute atomic E-state index is 2.54. The summed E-state index contributed by atoms with van der Waals surface area (Å²) in [6, 6.07) is 87.7. The molecule has 0 atom stereocenters. The first-order valence-electron chi connectivity index (χ1n) is 22.1. The number of fused-ring (bicyclic) bond motifs is 7. The summed E-state index contributed by atoms with van der Waals surface area (Å²) in [4.78, 5) is 2.54. The molecular weight excluding hydrogens is 759 g/mol. The van der Waals surface area contributed by atoms with Crippen LogP contribution in [0.3, 0.4) is 0 Å². The standard InChI is InChI=1S/C62H45N/c1-61(2)54-33-16-14-30-50(54)52-32-19-35-58(60(52)61)63(57-39-37-42-20-12-13-29-49(42)59(57)43-21-6-3-7-22-43)48-28-18-23-44(40-48)45-36-38-56-53(41-45)51-31-15-17-34-55(51)62(56,46-24-8-4-9-25-46)47-26-10-5-11-27-47/h3-41H,1-2H3. The van der Waals surface area contributed by atoms with Gasteiger partial charge in [-0.1, -0.05) is 220 Å². The van der Waals surface area contributed by atoms with Crippen molar-refractivity contribution in [3.05, 3.63) is 270 Å². The molecule has 12 rings (SSSR count). The Balaban J connectivity index is 1.09. The Morgan fingerprint density at radius 3 is 1.65 bits per heavy atom. The van der Waals surface area contributed by atoms with Crippen molar-refractivity contribution in [3.8, 4) is 44.5 Å². The Morgan fingerprint density at radius 2 is 0.905 bits per heavy atom. The molecule has 0 bridgehead atoms. The zero-order chi connectivity index (χ0) is 42.1. The molecule has 0 unspecified atom stereocenters. The van der Waals surface area contributed by atoms with Crippen molar-refractivity contribution in [2.24, 2.45) is 0 Å². The minimum atomic E-state index is -0.437. The fraction of sp³-hybridized carbons (Fsp3) is 0.0645. The SMILES string of the molecule is CC1(C)c2ccccc2-c2cccc(N(c3cccc(-c4ccc5c(c4)-c4ccccc4C5(c4ccccc4)c4ccccc4)c3)c3ccc4ccccc4c3-c3ccccc3)c21. The van der Waals surface area contributed by atoms with Crippen molar-refractivity contribution in [1.29, 1.82) is 0 Å². The molecule has 0 saturated carbocycles. The highest BCUT2D eigenvalue weighted by atomic mass is 15.1. The molecule has 0 fully saturated rings. The first-order chi connectivity index (χ1) is 31.0. The Morgan fingerprint density at radius 1 is 0.349 bits per heavy atom. The summed E-state index contributed by atoms with van der Waals surface area (Å²) < 4.78 is 0. The third-order valence-electron chi connectivity index (χ3n) is 13.9. The van der Waals surface area contributed by atoms with E-state index in [-0.39, 0.29) is 5.41 Å². The number of hydrogen-bond donors (Lipinski definition) is 0. The van der Waals surface area contributed by atoms with Gasteiger partial charge in [-0.25, -0.2) is 0 Å². The molecule has 10 aromatic carbocycles. The zero-order valence-corrected chi connectivity index (χ0v) is 35.5. The van der Waals surface area contributed by atoms with Crippen LogP contribution in [0, 0.1) is 0 Å². The van der Waals surface area contributed by atoms with E-state index in [0.717, 1.165) is 11.4 Å². The fourth-order valence-electron chi connectivity index (χ4n) is 11.2. The van der Waals surface area contributed by atoms with Crippen LogP contribution in [0.25, 0.3) is 55.3 Å². The lowest BCUT2D eigenvalue weighted by Crippen LogP contribution is -2.28. The summed E-state index contributed by atoms with van der Waals surface area (Å²) in [5, 5.41) is 2.45. The number of benzene rings is 10. The van der Waals surface area contributed by atoms with Crippen molar-refractivity contribution in [2.45, 2.75) is 24.7 Å². The second-order valence-corrected chi connectivity index (χ2v) is 17.6. The lowest BCUT2D eigenvalue weighted by Gasteiger charge is -2.34. The van der Waals surface area contributed by atoms with Crippen LogP contribution >= 0.6 is 0 Å². The minimum absolute atomic E-state index is 0.223. The monoisotopic (exact) mass is 803 g/mol. The van der Waals surface area contributed by atoms with Gasteiger partial charge in [0.05, 0.1) is 16.8 Å². The molecule has 1 nitrogen and oxygen atoms in total. The molecule has 0 N–H and O–H groups in total. The van der Waals surface area contributed by atoms with Crippen molar-refractivity contribution in [3.63, 3.8) is 0 Å². The van der Waals surface area contributed by atoms with Gasteiger partial charge >= 0.3 is 0 Å². The van der Waals surface area contributed by atoms with Gasteiger partial charge < -0.3 is 4.90 Å². The summed E-state index contributed by atoms with van der Waals surface area (Å²) in [6.07, 6.45) is 0. The molecule has 2 aliphatic carbocycles. The second-order valence-electron chi connectivity index (χ2n) is 17.6. The highest BCUT2D eigenvalue weighted by Gasteiger charge is 2.46. The first kappa shape index (κ1) is 37.1. The average Bonchev–Trinajstić information content (AvgIpc) is 3.78. The number of nitrogens with zero attached hydrogens (tertiary/aromatic N) is 1. The van der Waals surface area contributed by atoms with E-state index in [9.17, 15) is 0 Å². The molecule has 0 amide bonds. The van der Waals surface area contributed by atoms with Crippen LogP contribution in [0.15, 0.2) is 237 Å². The third kappa shape index (κ3) is 5.56. The van der Waals surface area contributed by atoms with Crippen LogP contribution in [0.4, 0.5) is 17.1 Å². The van der Waals surface area contributed by atoms with E-state index >= 15 is 0 Å². The smallest absolute Gasteiger partial charge is 0.0713 e. The average molecular weight is 804 g/mol. The van der Waals surface area contributed by atoms with Crippen LogP contribution in [-0.4, -0.2) is 0 Å². The van der Waals surface area contributed by atoms with E-state index < -0.39 is 5.41 Å². The predicted octanol–water partition coefficient (Wildman–Crippen LogP) is 16.3. The van der Waals surface area contributed by atoms with Crippen LogP contribution in [0.2, 0.25) is 0 Å². The van der Waals surface area contributed by atoms with E-state index in [1.54, 1.807) is 0 Å². The van der Waals surface area contributed by atoms with E-state index in [4.69, 9.17) is 0 Å². The van der Waals surface area contributed by atoms with Crippen LogP contribution in [0.5, 0.6) is 0 Å². The zero-order valence-electron chi connectivity index (χ0n) is 35.5. The first-order valence-corrected chi connectivity index (χ1v) is 22.1. The van der Waals surface area contributed by atoms with E-state index in [1.807, 2.05) is 0 Å². The summed E-state index contributed by atoms with van der Waals surface area (Å²) in [5.74, 6) is 0. The molecule has 0 spiro atoms. The topological polar surface area (TPSA) is 3.24 Å². The van der Waals surface area contributed by atoms with Crippen LogP contribution in [0.1, 0.15) is 47.2 Å². The molecular formula is C62H45N. The van der Waals surface area contributed by atoms with Crippen molar-refractivity contribution in [2.75, 3.05) is 4.90 Å². The molecule has 0 heterocycles. The van der Waals surface area contributed by atoms with Gasteiger partial charge in [-0.05, 0) is 113 Å². The number of hydrogen-bond acceptors (Lipinski definition) is 1. The van der Waals surface area contributed by atoms with Crippen LogP contribution in [-0.2, 0) is 10.8 Å². The summed E-state index contributed by atoms with van der Waals surface area (Å²) >= 11 is 0. The predicted molar refractivity (Wildman–Crippen MR) is 264 cm³/mol. The molecule has 0 saturated heterocycles.